The topological polar surface area (TPSA) is 44.8 Å². The Balaban J connectivity index is 2.33. The second kappa shape index (κ2) is 10.2. The van der Waals surface area contributed by atoms with Crippen molar-refractivity contribution in [2.45, 2.75) is 60.0 Å². The number of carbonyl (C=O) groups is 1. The Bertz CT molecular complexity index is 366. The van der Waals surface area contributed by atoms with Crippen LogP contribution in [0.15, 0.2) is 0 Å². The van der Waals surface area contributed by atoms with Crippen LogP contribution in [0.2, 0.25) is 0 Å². The molecule has 1 aliphatic rings. The molecule has 0 aromatic carbocycles. The van der Waals surface area contributed by atoms with Gasteiger partial charge in [-0.3, -0.25) is 0 Å². The van der Waals surface area contributed by atoms with Gasteiger partial charge in [0.15, 0.2) is 0 Å². The molecule has 0 radical (unpaired) electrons. The van der Waals surface area contributed by atoms with Crippen molar-refractivity contribution < 1.29 is 9.53 Å². The first kappa shape index (κ1) is 21.2. The molecule has 1 rings (SSSR count). The van der Waals surface area contributed by atoms with Crippen LogP contribution in [0.1, 0.15) is 54.4 Å². The van der Waals surface area contributed by atoms with Crippen LogP contribution in [-0.2, 0) is 4.74 Å². The maximum Gasteiger partial charge on any atom is 0.410 e. The van der Waals surface area contributed by atoms with Crippen LogP contribution < -0.4 is 5.32 Å². The lowest BCUT2D eigenvalue weighted by molar-refractivity contribution is 0.0235. The summed E-state index contributed by atoms with van der Waals surface area (Å²) in [6.45, 7) is 19.3. The molecule has 142 valence electrons. The summed E-state index contributed by atoms with van der Waals surface area (Å²) in [6.07, 6.45) is 2.03. The predicted molar refractivity (Wildman–Crippen MR) is 100 cm³/mol. The van der Waals surface area contributed by atoms with Gasteiger partial charge in [-0.2, -0.15) is 0 Å². The van der Waals surface area contributed by atoms with Crippen molar-refractivity contribution in [3.63, 3.8) is 0 Å². The number of hydrogen-bond acceptors (Lipinski definition) is 4. The third-order valence-corrected chi connectivity index (χ3v) is 4.19. The summed E-state index contributed by atoms with van der Waals surface area (Å²) in [4.78, 5) is 16.6. The summed E-state index contributed by atoms with van der Waals surface area (Å²) in [5.74, 6) is 1.45. The number of nitrogens with zero attached hydrogens (tertiary/aromatic N) is 2. The smallest absolute Gasteiger partial charge is 0.410 e. The molecule has 1 N–H and O–H groups in total. The SMILES string of the molecule is CCCN(CCN1CCC(CNCC(C)C)C1)C(=O)OC(C)(C)C. The standard InChI is InChI=1S/C19H39N3O2/c1-7-9-22(18(23)24-19(4,5)6)12-11-21-10-8-17(15-21)14-20-13-16(2)3/h16-17,20H,7-15H2,1-6H3. The largest absolute Gasteiger partial charge is 0.444 e. The molecule has 1 amide bonds. The number of likely N-dealkylation sites (tertiary alicyclic amines) is 1. The van der Waals surface area contributed by atoms with Crippen molar-refractivity contribution in [2.24, 2.45) is 11.8 Å². The second-order valence-electron chi connectivity index (χ2n) is 8.47. The van der Waals surface area contributed by atoms with Crippen LogP contribution in [0.4, 0.5) is 4.79 Å². The fourth-order valence-corrected chi connectivity index (χ4v) is 3.01. The summed E-state index contributed by atoms with van der Waals surface area (Å²) >= 11 is 0. The molecule has 0 spiro atoms. The number of rotatable bonds is 9. The van der Waals surface area contributed by atoms with E-state index in [-0.39, 0.29) is 6.09 Å². The molecular weight excluding hydrogens is 302 g/mol. The normalized spacial score (nSPS) is 19.0. The third-order valence-electron chi connectivity index (χ3n) is 4.19. The zero-order chi connectivity index (χ0) is 18.2. The minimum absolute atomic E-state index is 0.182. The molecule has 1 aliphatic heterocycles. The van der Waals surface area contributed by atoms with Gasteiger partial charge in [0.05, 0.1) is 0 Å². The molecule has 5 nitrogen and oxygen atoms in total. The summed E-state index contributed by atoms with van der Waals surface area (Å²) in [5, 5.41) is 3.57. The van der Waals surface area contributed by atoms with E-state index in [1.165, 1.54) is 6.42 Å². The highest BCUT2D eigenvalue weighted by Crippen LogP contribution is 2.16. The molecule has 1 fully saturated rings. The van der Waals surface area contributed by atoms with Gasteiger partial charge in [-0.25, -0.2) is 4.79 Å². The van der Waals surface area contributed by atoms with Crippen molar-refractivity contribution in [3.05, 3.63) is 0 Å². The van der Waals surface area contributed by atoms with Crippen LogP contribution in [0, 0.1) is 11.8 Å². The van der Waals surface area contributed by atoms with Crippen molar-refractivity contribution in [3.8, 4) is 0 Å². The number of carbonyl (C=O) groups excluding carboxylic acids is 1. The molecular formula is C19H39N3O2. The summed E-state index contributed by atoms with van der Waals surface area (Å²) in [7, 11) is 0. The van der Waals surface area contributed by atoms with Gasteiger partial charge in [0.25, 0.3) is 0 Å². The van der Waals surface area contributed by atoms with Crippen molar-refractivity contribution in [1.82, 2.24) is 15.1 Å². The van der Waals surface area contributed by atoms with E-state index in [4.69, 9.17) is 4.74 Å². The van der Waals surface area contributed by atoms with E-state index >= 15 is 0 Å². The molecule has 1 heterocycles. The monoisotopic (exact) mass is 341 g/mol. The van der Waals surface area contributed by atoms with E-state index < -0.39 is 5.60 Å². The Kier molecular flexibility index (Phi) is 9.06. The van der Waals surface area contributed by atoms with E-state index in [1.807, 2.05) is 25.7 Å². The Hall–Kier alpha value is -0.810. The van der Waals surface area contributed by atoms with Crippen LogP contribution in [-0.4, -0.2) is 67.3 Å². The Labute approximate surface area is 149 Å². The van der Waals surface area contributed by atoms with Crippen LogP contribution >= 0.6 is 0 Å². The van der Waals surface area contributed by atoms with E-state index in [1.54, 1.807) is 0 Å². The van der Waals surface area contributed by atoms with Gasteiger partial charge in [-0.1, -0.05) is 20.8 Å². The maximum absolute atomic E-state index is 12.3. The summed E-state index contributed by atoms with van der Waals surface area (Å²) < 4.78 is 5.52. The highest BCUT2D eigenvalue weighted by molar-refractivity contribution is 5.68. The van der Waals surface area contributed by atoms with Crippen LogP contribution in [0.25, 0.3) is 0 Å². The predicted octanol–water partition coefficient (Wildman–Crippen LogP) is 3.20. The maximum atomic E-state index is 12.3. The van der Waals surface area contributed by atoms with Gasteiger partial charge < -0.3 is 19.9 Å². The number of amides is 1. The summed E-state index contributed by atoms with van der Waals surface area (Å²) in [5.41, 5.74) is -0.427. The van der Waals surface area contributed by atoms with E-state index in [0.29, 0.717) is 5.92 Å². The van der Waals surface area contributed by atoms with E-state index in [9.17, 15) is 4.79 Å². The highest BCUT2D eigenvalue weighted by Gasteiger charge is 2.25. The van der Waals surface area contributed by atoms with Gasteiger partial charge in [-0.15, -0.1) is 0 Å². The highest BCUT2D eigenvalue weighted by atomic mass is 16.6. The Morgan fingerprint density at radius 1 is 1.33 bits per heavy atom. The quantitative estimate of drug-likeness (QED) is 0.699. The zero-order valence-electron chi connectivity index (χ0n) is 16.7. The molecule has 1 atom stereocenters. The van der Waals surface area contributed by atoms with Gasteiger partial charge in [0.1, 0.15) is 5.60 Å². The van der Waals surface area contributed by atoms with Crippen molar-refractivity contribution in [1.29, 1.82) is 0 Å². The molecule has 0 bridgehead atoms. The summed E-state index contributed by atoms with van der Waals surface area (Å²) in [6, 6.07) is 0. The van der Waals surface area contributed by atoms with Gasteiger partial charge in [0, 0.05) is 26.2 Å². The van der Waals surface area contributed by atoms with Crippen LogP contribution in [0.5, 0.6) is 0 Å². The fourth-order valence-electron chi connectivity index (χ4n) is 3.01. The number of nitrogens with one attached hydrogen (secondary N) is 1. The average Bonchev–Trinajstić information content (AvgIpc) is 2.89. The van der Waals surface area contributed by atoms with Gasteiger partial charge >= 0.3 is 6.09 Å². The third kappa shape index (κ3) is 8.88. The second-order valence-corrected chi connectivity index (χ2v) is 8.47. The van der Waals surface area contributed by atoms with Crippen molar-refractivity contribution in [2.75, 3.05) is 45.8 Å². The molecule has 0 saturated carbocycles. The number of hydrogen-bond donors (Lipinski definition) is 1. The lowest BCUT2D eigenvalue weighted by atomic mass is 10.1. The lowest BCUT2D eigenvalue weighted by Crippen LogP contribution is -2.41. The molecule has 5 heteroatoms. The molecule has 1 unspecified atom stereocenters. The van der Waals surface area contributed by atoms with E-state index in [2.05, 4.69) is 31.0 Å². The Morgan fingerprint density at radius 2 is 2.04 bits per heavy atom. The first-order valence-electron chi connectivity index (χ1n) is 9.62. The molecule has 0 aromatic heterocycles. The minimum atomic E-state index is -0.427. The average molecular weight is 342 g/mol. The zero-order valence-corrected chi connectivity index (χ0v) is 16.7. The first-order valence-corrected chi connectivity index (χ1v) is 9.62. The van der Waals surface area contributed by atoms with Crippen molar-refractivity contribution >= 4 is 6.09 Å². The van der Waals surface area contributed by atoms with E-state index in [0.717, 1.165) is 58.2 Å². The molecule has 0 aliphatic carbocycles. The van der Waals surface area contributed by atoms with Gasteiger partial charge in [0.2, 0.25) is 0 Å². The Morgan fingerprint density at radius 3 is 2.62 bits per heavy atom. The fraction of sp³-hybridized carbons (Fsp3) is 0.947. The number of ether oxygens (including phenoxy) is 1. The first-order chi connectivity index (χ1) is 11.2. The lowest BCUT2D eigenvalue weighted by Gasteiger charge is -2.28. The molecule has 0 aromatic rings. The van der Waals surface area contributed by atoms with Gasteiger partial charge in [-0.05, 0) is 65.1 Å². The molecule has 1 saturated heterocycles. The minimum Gasteiger partial charge on any atom is -0.444 e. The molecule has 24 heavy (non-hydrogen) atoms. The van der Waals surface area contributed by atoms with Crippen LogP contribution in [0.3, 0.4) is 0 Å².